The zero-order valence-electron chi connectivity index (χ0n) is 18.1. The third-order valence-electron chi connectivity index (χ3n) is 5.66. The Morgan fingerprint density at radius 3 is 2.00 bits per heavy atom. The number of ether oxygens (including phenoxy) is 3. The van der Waals surface area contributed by atoms with E-state index in [9.17, 15) is 0 Å². The molecule has 0 saturated carbocycles. The Labute approximate surface area is 189 Å². The molecule has 0 radical (unpaired) electrons. The second kappa shape index (κ2) is 10.5. The van der Waals surface area contributed by atoms with Gasteiger partial charge in [-0.05, 0) is 37.1 Å². The van der Waals surface area contributed by atoms with E-state index in [0.29, 0.717) is 13.2 Å². The van der Waals surface area contributed by atoms with Crippen LogP contribution >= 0.6 is 11.8 Å². The van der Waals surface area contributed by atoms with E-state index in [2.05, 4.69) is 62.4 Å². The Hall–Kier alpha value is -2.11. The molecular formula is C27H30O3S. The van der Waals surface area contributed by atoms with Crippen LogP contribution in [0.5, 0.6) is 0 Å². The van der Waals surface area contributed by atoms with Crippen LogP contribution in [0.4, 0.5) is 0 Å². The average molecular weight is 435 g/mol. The van der Waals surface area contributed by atoms with Gasteiger partial charge in [-0.2, -0.15) is 0 Å². The molecule has 0 aliphatic carbocycles. The minimum Gasteiger partial charge on any atom is -0.368 e. The van der Waals surface area contributed by atoms with Crippen LogP contribution in [0, 0.1) is 0 Å². The molecule has 0 spiro atoms. The molecule has 3 nitrogen and oxygen atoms in total. The fourth-order valence-electron chi connectivity index (χ4n) is 4.06. The van der Waals surface area contributed by atoms with Crippen LogP contribution < -0.4 is 0 Å². The number of hydrogen-bond donors (Lipinski definition) is 0. The van der Waals surface area contributed by atoms with Crippen LogP contribution in [0.2, 0.25) is 0 Å². The molecule has 0 amide bonds. The van der Waals surface area contributed by atoms with Gasteiger partial charge in [-0.15, -0.1) is 0 Å². The first-order valence-corrected chi connectivity index (χ1v) is 11.7. The van der Waals surface area contributed by atoms with Gasteiger partial charge >= 0.3 is 0 Å². The predicted molar refractivity (Wildman–Crippen MR) is 126 cm³/mol. The molecule has 31 heavy (non-hydrogen) atoms. The molecule has 4 rings (SSSR count). The minimum absolute atomic E-state index is 0.00903. The lowest BCUT2D eigenvalue weighted by Crippen LogP contribution is -2.56. The van der Waals surface area contributed by atoms with E-state index < -0.39 is 5.60 Å². The van der Waals surface area contributed by atoms with Crippen molar-refractivity contribution < 1.29 is 14.2 Å². The summed E-state index contributed by atoms with van der Waals surface area (Å²) in [7, 11) is 0. The molecule has 4 heteroatoms. The van der Waals surface area contributed by atoms with Gasteiger partial charge in [-0.1, -0.05) is 90.6 Å². The second-order valence-electron chi connectivity index (χ2n) is 8.21. The zero-order chi connectivity index (χ0) is 21.5. The summed E-state index contributed by atoms with van der Waals surface area (Å²) in [5.74, 6) is 0. The van der Waals surface area contributed by atoms with Gasteiger partial charge in [0.15, 0.2) is 0 Å². The highest BCUT2D eigenvalue weighted by molar-refractivity contribution is 7.99. The summed E-state index contributed by atoms with van der Waals surface area (Å²) in [4.78, 5) is 1.20. The fourth-order valence-corrected chi connectivity index (χ4v) is 5.32. The lowest BCUT2D eigenvalue weighted by molar-refractivity contribution is -0.231. The van der Waals surface area contributed by atoms with Gasteiger partial charge in [-0.3, -0.25) is 0 Å². The summed E-state index contributed by atoms with van der Waals surface area (Å²) in [6.07, 6.45) is 0.506. The molecule has 4 atom stereocenters. The summed E-state index contributed by atoms with van der Waals surface area (Å²) in [5.41, 5.74) is 1.86. The molecule has 3 aromatic rings. The molecule has 162 valence electrons. The van der Waals surface area contributed by atoms with Crippen molar-refractivity contribution in [3.05, 3.63) is 102 Å². The third kappa shape index (κ3) is 5.98. The quantitative estimate of drug-likeness (QED) is 0.406. The maximum absolute atomic E-state index is 6.58. The monoisotopic (exact) mass is 434 g/mol. The van der Waals surface area contributed by atoms with Gasteiger partial charge in [0, 0.05) is 11.3 Å². The highest BCUT2D eigenvalue weighted by atomic mass is 32.2. The number of hydrogen-bond acceptors (Lipinski definition) is 4. The van der Waals surface area contributed by atoms with Gasteiger partial charge in [-0.25, -0.2) is 0 Å². The summed E-state index contributed by atoms with van der Waals surface area (Å²) in [6.45, 7) is 5.36. The van der Waals surface area contributed by atoms with E-state index in [4.69, 9.17) is 14.2 Å². The normalized spacial score (nSPS) is 25.9. The third-order valence-corrected chi connectivity index (χ3v) is 6.75. The molecule has 0 bridgehead atoms. The second-order valence-corrected chi connectivity index (χ2v) is 9.44. The Morgan fingerprint density at radius 1 is 0.839 bits per heavy atom. The predicted octanol–water partition coefficient (Wildman–Crippen LogP) is 6.47. The van der Waals surface area contributed by atoms with E-state index in [-0.39, 0.29) is 17.6 Å². The van der Waals surface area contributed by atoms with Crippen molar-refractivity contribution >= 4 is 11.8 Å². The Kier molecular flexibility index (Phi) is 7.46. The van der Waals surface area contributed by atoms with Crippen LogP contribution in [0.25, 0.3) is 0 Å². The van der Waals surface area contributed by atoms with Gasteiger partial charge in [0.05, 0.1) is 24.9 Å². The molecule has 1 aliphatic heterocycles. The lowest BCUT2D eigenvalue weighted by atomic mass is 9.88. The van der Waals surface area contributed by atoms with Gasteiger partial charge in [0.1, 0.15) is 11.5 Å². The van der Waals surface area contributed by atoms with Crippen LogP contribution in [-0.4, -0.2) is 23.2 Å². The maximum Gasteiger partial charge on any atom is 0.113 e. The van der Waals surface area contributed by atoms with Crippen LogP contribution in [-0.2, 0) is 27.4 Å². The fraction of sp³-hybridized carbons (Fsp3) is 0.333. The molecular weight excluding hydrogens is 404 g/mol. The van der Waals surface area contributed by atoms with Crippen molar-refractivity contribution in [1.82, 2.24) is 0 Å². The minimum atomic E-state index is -0.464. The summed E-state index contributed by atoms with van der Waals surface area (Å²) < 4.78 is 19.4. The molecule has 1 aliphatic rings. The Balaban J connectivity index is 1.50. The van der Waals surface area contributed by atoms with Crippen molar-refractivity contribution in [2.45, 2.75) is 61.6 Å². The first kappa shape index (κ1) is 22.1. The van der Waals surface area contributed by atoms with E-state index in [1.165, 1.54) is 4.90 Å². The highest BCUT2D eigenvalue weighted by Crippen LogP contribution is 2.41. The lowest BCUT2D eigenvalue weighted by Gasteiger charge is -2.47. The van der Waals surface area contributed by atoms with Crippen molar-refractivity contribution in [2.24, 2.45) is 0 Å². The number of rotatable bonds is 8. The van der Waals surface area contributed by atoms with Crippen molar-refractivity contribution in [2.75, 3.05) is 0 Å². The van der Waals surface area contributed by atoms with E-state index in [1.54, 1.807) is 11.8 Å². The Bertz CT molecular complexity index is 919. The topological polar surface area (TPSA) is 27.7 Å². The standard InChI is InChI=1S/C27H30O3S/c1-21-26(28-19-22-12-6-3-7-13-22)27(2,29-20-23-14-8-4-9-15-23)18-25(30-21)31-24-16-10-5-11-17-24/h3-17,21,25-26H,18-20H2,1-2H3/t21-,25-,26-,27-/m0/s1. The van der Waals surface area contributed by atoms with Crippen molar-refractivity contribution in [1.29, 1.82) is 0 Å². The van der Waals surface area contributed by atoms with Gasteiger partial charge in [0.25, 0.3) is 0 Å². The number of benzene rings is 3. The van der Waals surface area contributed by atoms with Crippen molar-refractivity contribution in [3.63, 3.8) is 0 Å². The highest BCUT2D eigenvalue weighted by Gasteiger charge is 2.47. The van der Waals surface area contributed by atoms with Crippen LogP contribution in [0.15, 0.2) is 95.9 Å². The molecule has 1 saturated heterocycles. The Morgan fingerprint density at radius 2 is 1.39 bits per heavy atom. The van der Waals surface area contributed by atoms with Gasteiger partial charge < -0.3 is 14.2 Å². The molecule has 3 aromatic carbocycles. The van der Waals surface area contributed by atoms with E-state index in [0.717, 1.165) is 17.5 Å². The molecule has 1 fully saturated rings. The molecule has 0 aromatic heterocycles. The zero-order valence-corrected chi connectivity index (χ0v) is 19.0. The molecule has 0 N–H and O–H groups in total. The van der Waals surface area contributed by atoms with Crippen LogP contribution in [0.3, 0.4) is 0 Å². The summed E-state index contributed by atoms with van der Waals surface area (Å²) in [5, 5.41) is 0. The van der Waals surface area contributed by atoms with E-state index >= 15 is 0 Å². The summed E-state index contributed by atoms with van der Waals surface area (Å²) >= 11 is 1.75. The van der Waals surface area contributed by atoms with Gasteiger partial charge in [0.2, 0.25) is 0 Å². The summed E-state index contributed by atoms with van der Waals surface area (Å²) in [6, 6.07) is 31.0. The molecule has 1 heterocycles. The van der Waals surface area contributed by atoms with E-state index in [1.807, 2.05) is 42.5 Å². The average Bonchev–Trinajstić information content (AvgIpc) is 2.79. The largest absolute Gasteiger partial charge is 0.368 e. The van der Waals surface area contributed by atoms with Crippen molar-refractivity contribution in [3.8, 4) is 0 Å². The first-order chi connectivity index (χ1) is 15.1. The SMILES string of the molecule is C[C@@H]1O[C@@H](Sc2ccccc2)C[C@](C)(OCc2ccccc2)[C@H]1OCc1ccccc1. The van der Waals surface area contributed by atoms with Crippen LogP contribution in [0.1, 0.15) is 31.4 Å². The number of thioether (sulfide) groups is 1. The first-order valence-electron chi connectivity index (χ1n) is 10.8. The maximum atomic E-state index is 6.58. The molecule has 0 unspecified atom stereocenters. The smallest absolute Gasteiger partial charge is 0.113 e.